The third kappa shape index (κ3) is 4.71. The average Bonchev–Trinajstić information content (AvgIpc) is 3.30. The molecule has 0 bridgehead atoms. The van der Waals surface area contributed by atoms with Gasteiger partial charge in [0.1, 0.15) is 10.9 Å². The average molecular weight is 418 g/mol. The fraction of sp³-hybridized carbons (Fsp3) is 0.350. The number of nitrogens with zero attached hydrogens (tertiary/aromatic N) is 4. The van der Waals surface area contributed by atoms with Crippen LogP contribution in [0.15, 0.2) is 30.3 Å². The number of hydrazine groups is 1. The van der Waals surface area contributed by atoms with E-state index in [1.807, 2.05) is 31.2 Å². The first-order valence-electron chi connectivity index (χ1n) is 9.27. The van der Waals surface area contributed by atoms with Crippen LogP contribution < -0.4 is 10.1 Å². The summed E-state index contributed by atoms with van der Waals surface area (Å²) in [4.78, 5) is 25.2. The Hall–Kier alpha value is -3.00. The molecule has 0 spiro atoms. The normalized spacial score (nSPS) is 13.9. The van der Waals surface area contributed by atoms with Crippen LogP contribution >= 0.6 is 11.6 Å². The number of ether oxygens (including phenoxy) is 1. The molecule has 0 atom stereocenters. The highest BCUT2D eigenvalue weighted by Gasteiger charge is 2.29. The summed E-state index contributed by atoms with van der Waals surface area (Å²) in [5, 5.41) is 10.4. The van der Waals surface area contributed by atoms with Gasteiger partial charge < -0.3 is 10.1 Å². The van der Waals surface area contributed by atoms with Crippen molar-refractivity contribution in [2.45, 2.75) is 19.9 Å². The SMILES string of the molecule is COc1ccc(CNC(=O)N2CCCN2C(=O)/C=C/c2c(C)nn(C)c2Cl)cc1. The highest BCUT2D eigenvalue weighted by atomic mass is 35.5. The van der Waals surface area contributed by atoms with Gasteiger partial charge in [0.2, 0.25) is 0 Å². The maximum atomic E-state index is 12.6. The molecule has 0 radical (unpaired) electrons. The summed E-state index contributed by atoms with van der Waals surface area (Å²) < 4.78 is 6.68. The van der Waals surface area contributed by atoms with E-state index in [1.54, 1.807) is 24.9 Å². The molecule has 0 unspecified atom stereocenters. The van der Waals surface area contributed by atoms with Crippen molar-refractivity contribution in [3.05, 3.63) is 52.3 Å². The molecule has 2 aromatic rings. The summed E-state index contributed by atoms with van der Waals surface area (Å²) in [6, 6.07) is 7.13. The predicted octanol–water partition coefficient (Wildman–Crippen LogP) is 2.76. The van der Waals surface area contributed by atoms with Crippen molar-refractivity contribution in [3.63, 3.8) is 0 Å². The molecule has 1 aliphatic rings. The summed E-state index contributed by atoms with van der Waals surface area (Å²) in [6.07, 6.45) is 3.78. The Bertz CT molecular complexity index is 923. The van der Waals surface area contributed by atoms with E-state index < -0.39 is 0 Å². The first-order chi connectivity index (χ1) is 13.9. The summed E-state index contributed by atoms with van der Waals surface area (Å²) in [5.41, 5.74) is 2.37. The zero-order chi connectivity index (χ0) is 21.0. The fourth-order valence-electron chi connectivity index (χ4n) is 3.14. The van der Waals surface area contributed by atoms with Gasteiger partial charge in [0.25, 0.3) is 5.91 Å². The second-order valence-electron chi connectivity index (χ2n) is 6.69. The number of urea groups is 1. The summed E-state index contributed by atoms with van der Waals surface area (Å²) in [5.74, 6) is 0.480. The topological polar surface area (TPSA) is 79.7 Å². The number of aryl methyl sites for hydroxylation is 2. The van der Waals surface area contributed by atoms with Crippen molar-refractivity contribution in [1.29, 1.82) is 0 Å². The molecule has 1 saturated heterocycles. The quantitative estimate of drug-likeness (QED) is 0.758. The summed E-state index contributed by atoms with van der Waals surface area (Å²) in [6.45, 7) is 3.16. The van der Waals surface area contributed by atoms with Gasteiger partial charge in [0.05, 0.1) is 12.8 Å². The Morgan fingerprint density at radius 3 is 2.55 bits per heavy atom. The second-order valence-corrected chi connectivity index (χ2v) is 7.05. The van der Waals surface area contributed by atoms with Crippen molar-refractivity contribution in [3.8, 4) is 5.75 Å². The van der Waals surface area contributed by atoms with E-state index in [0.29, 0.717) is 30.4 Å². The number of hydrogen-bond donors (Lipinski definition) is 1. The van der Waals surface area contributed by atoms with Crippen LogP contribution in [-0.2, 0) is 18.4 Å². The van der Waals surface area contributed by atoms with E-state index in [4.69, 9.17) is 16.3 Å². The molecule has 9 heteroatoms. The van der Waals surface area contributed by atoms with Crippen LogP contribution in [0, 0.1) is 6.92 Å². The third-order valence-electron chi connectivity index (χ3n) is 4.71. The van der Waals surface area contributed by atoms with Gasteiger partial charge in [-0.05, 0) is 37.1 Å². The third-order valence-corrected chi connectivity index (χ3v) is 5.16. The number of aromatic nitrogens is 2. The largest absolute Gasteiger partial charge is 0.497 e. The summed E-state index contributed by atoms with van der Waals surface area (Å²) >= 11 is 6.20. The predicted molar refractivity (Wildman–Crippen MR) is 110 cm³/mol. The van der Waals surface area contributed by atoms with Gasteiger partial charge in [-0.2, -0.15) is 5.10 Å². The minimum atomic E-state index is -0.310. The van der Waals surface area contributed by atoms with E-state index in [-0.39, 0.29) is 11.9 Å². The lowest BCUT2D eigenvalue weighted by atomic mass is 10.2. The Morgan fingerprint density at radius 1 is 1.24 bits per heavy atom. The lowest BCUT2D eigenvalue weighted by Gasteiger charge is -2.27. The van der Waals surface area contributed by atoms with Crippen LogP contribution in [-0.4, -0.2) is 51.9 Å². The molecule has 29 heavy (non-hydrogen) atoms. The zero-order valence-electron chi connectivity index (χ0n) is 16.7. The molecule has 3 amide bonds. The molecule has 8 nitrogen and oxygen atoms in total. The number of methoxy groups -OCH3 is 1. The molecule has 1 aromatic heterocycles. The molecular formula is C20H24ClN5O3. The van der Waals surface area contributed by atoms with Crippen LogP contribution in [0.3, 0.4) is 0 Å². The Labute approximate surface area is 174 Å². The monoisotopic (exact) mass is 417 g/mol. The van der Waals surface area contributed by atoms with Gasteiger partial charge >= 0.3 is 6.03 Å². The molecule has 1 aliphatic heterocycles. The van der Waals surface area contributed by atoms with Crippen molar-refractivity contribution < 1.29 is 14.3 Å². The molecular weight excluding hydrogens is 394 g/mol. The number of nitrogens with one attached hydrogen (secondary N) is 1. The Balaban J connectivity index is 1.61. The van der Waals surface area contributed by atoms with Crippen LogP contribution in [0.5, 0.6) is 5.75 Å². The first-order valence-corrected chi connectivity index (χ1v) is 9.65. The van der Waals surface area contributed by atoms with Crippen LogP contribution in [0.25, 0.3) is 6.08 Å². The van der Waals surface area contributed by atoms with Gasteiger partial charge in [-0.15, -0.1) is 0 Å². The zero-order valence-corrected chi connectivity index (χ0v) is 17.4. The van der Waals surface area contributed by atoms with Crippen molar-refractivity contribution in [2.24, 2.45) is 7.05 Å². The van der Waals surface area contributed by atoms with E-state index in [1.165, 1.54) is 16.1 Å². The van der Waals surface area contributed by atoms with Crippen LogP contribution in [0.1, 0.15) is 23.2 Å². The second kappa shape index (κ2) is 9.00. The van der Waals surface area contributed by atoms with Crippen molar-refractivity contribution in [1.82, 2.24) is 25.1 Å². The van der Waals surface area contributed by atoms with Crippen LogP contribution in [0.2, 0.25) is 5.15 Å². The van der Waals surface area contributed by atoms with Gasteiger partial charge in [-0.25, -0.2) is 14.8 Å². The van der Waals surface area contributed by atoms with E-state index >= 15 is 0 Å². The highest BCUT2D eigenvalue weighted by molar-refractivity contribution is 6.31. The molecule has 0 aliphatic carbocycles. The molecule has 0 saturated carbocycles. The lowest BCUT2D eigenvalue weighted by Crippen LogP contribution is -2.48. The molecule has 2 heterocycles. The highest BCUT2D eigenvalue weighted by Crippen LogP contribution is 2.21. The number of benzene rings is 1. The smallest absolute Gasteiger partial charge is 0.336 e. The van der Waals surface area contributed by atoms with E-state index in [0.717, 1.165) is 23.4 Å². The van der Waals surface area contributed by atoms with Crippen LogP contribution in [0.4, 0.5) is 4.79 Å². The fourth-order valence-corrected chi connectivity index (χ4v) is 3.38. The first kappa shape index (κ1) is 20.7. The van der Waals surface area contributed by atoms with E-state index in [9.17, 15) is 9.59 Å². The number of rotatable bonds is 5. The van der Waals surface area contributed by atoms with Gasteiger partial charge in [0, 0.05) is 38.3 Å². The number of hydrogen-bond acceptors (Lipinski definition) is 4. The van der Waals surface area contributed by atoms with Crippen molar-refractivity contribution in [2.75, 3.05) is 20.2 Å². The number of carbonyl (C=O) groups excluding carboxylic acids is 2. The Kier molecular flexibility index (Phi) is 6.43. The number of halogens is 1. The summed E-state index contributed by atoms with van der Waals surface area (Å²) in [7, 11) is 3.34. The molecule has 3 rings (SSSR count). The van der Waals surface area contributed by atoms with E-state index in [2.05, 4.69) is 10.4 Å². The van der Waals surface area contributed by atoms with Gasteiger partial charge in [0.15, 0.2) is 0 Å². The van der Waals surface area contributed by atoms with Gasteiger partial charge in [-0.1, -0.05) is 23.7 Å². The molecule has 1 aromatic carbocycles. The maximum Gasteiger partial charge on any atom is 0.336 e. The standard InChI is InChI=1S/C20H24ClN5O3/c1-14-17(19(21)24(2)23-14)9-10-18(27)25-11-4-12-26(25)20(28)22-13-15-5-7-16(29-3)8-6-15/h5-10H,4,11-13H2,1-3H3,(H,22,28)/b10-9+. The maximum absolute atomic E-state index is 12.6. The molecule has 1 fully saturated rings. The molecule has 1 N–H and O–H groups in total. The number of amides is 3. The lowest BCUT2D eigenvalue weighted by molar-refractivity contribution is -0.134. The van der Waals surface area contributed by atoms with Crippen molar-refractivity contribution >= 4 is 29.6 Å². The molecule has 154 valence electrons. The Morgan fingerprint density at radius 2 is 1.93 bits per heavy atom. The van der Waals surface area contributed by atoms with Gasteiger partial charge in [-0.3, -0.25) is 9.48 Å². The minimum absolute atomic E-state index is 0.276. The number of carbonyl (C=O) groups is 2. The minimum Gasteiger partial charge on any atom is -0.497 e.